The zero-order valence-electron chi connectivity index (χ0n) is 11.3. The van der Waals surface area contributed by atoms with Crippen LogP contribution in [0, 0.1) is 6.92 Å². The predicted molar refractivity (Wildman–Crippen MR) is 70.3 cm³/mol. The summed E-state index contributed by atoms with van der Waals surface area (Å²) < 4.78 is 12.1. The smallest absolute Gasteiger partial charge is 0.169 e. The summed E-state index contributed by atoms with van der Waals surface area (Å²) in [5.41, 5.74) is 2.29. The maximum atomic E-state index is 9.51. The molecule has 1 aromatic rings. The van der Waals surface area contributed by atoms with Crippen LogP contribution in [0.5, 0.6) is 0 Å². The van der Waals surface area contributed by atoms with Gasteiger partial charge in [0.1, 0.15) is 12.2 Å². The summed E-state index contributed by atoms with van der Waals surface area (Å²) in [6.45, 7) is 6.15. The summed E-state index contributed by atoms with van der Waals surface area (Å²) in [6, 6.07) is 8.12. The van der Waals surface area contributed by atoms with E-state index in [-0.39, 0.29) is 18.8 Å². The molecule has 0 bridgehead atoms. The number of aliphatic hydroxyl groups excluding tert-OH is 1. The monoisotopic (exact) mass is 250 g/mol. The van der Waals surface area contributed by atoms with Gasteiger partial charge in [-0.25, -0.2) is 0 Å². The molecular weight excluding hydrogens is 228 g/mol. The second-order valence-electron chi connectivity index (χ2n) is 4.85. The molecule has 0 amide bonds. The standard InChI is InChI=1S/C15H22O3/c1-4-15(5-2)17-13(10-16)14(18-15)12-9-7-6-8-11(12)3/h6-9,13-14,16H,4-5,10H2,1-3H3. The van der Waals surface area contributed by atoms with Crippen LogP contribution in [-0.4, -0.2) is 23.6 Å². The van der Waals surface area contributed by atoms with Crippen LogP contribution < -0.4 is 0 Å². The van der Waals surface area contributed by atoms with Crippen molar-refractivity contribution < 1.29 is 14.6 Å². The van der Waals surface area contributed by atoms with Crippen LogP contribution in [0.15, 0.2) is 24.3 Å². The van der Waals surface area contributed by atoms with Gasteiger partial charge in [0.15, 0.2) is 5.79 Å². The molecule has 100 valence electrons. The summed E-state index contributed by atoms with van der Waals surface area (Å²) in [6.07, 6.45) is 1.15. The molecular formula is C15H22O3. The lowest BCUT2D eigenvalue weighted by Gasteiger charge is -2.25. The van der Waals surface area contributed by atoms with Crippen molar-refractivity contribution in [3.63, 3.8) is 0 Å². The number of rotatable bonds is 4. The average molecular weight is 250 g/mol. The minimum Gasteiger partial charge on any atom is -0.394 e. The lowest BCUT2D eigenvalue weighted by Crippen LogP contribution is -2.29. The quantitative estimate of drug-likeness (QED) is 0.893. The molecule has 1 aliphatic rings. The van der Waals surface area contributed by atoms with Gasteiger partial charge < -0.3 is 14.6 Å². The molecule has 1 heterocycles. The normalized spacial score (nSPS) is 26.4. The molecule has 1 fully saturated rings. The lowest BCUT2D eigenvalue weighted by molar-refractivity contribution is -0.181. The molecule has 3 heteroatoms. The summed E-state index contributed by atoms with van der Waals surface area (Å²) >= 11 is 0. The van der Waals surface area contributed by atoms with Gasteiger partial charge in [-0.2, -0.15) is 0 Å². The number of benzene rings is 1. The summed E-state index contributed by atoms with van der Waals surface area (Å²) in [7, 11) is 0. The molecule has 2 atom stereocenters. The maximum absolute atomic E-state index is 9.51. The van der Waals surface area contributed by atoms with E-state index in [1.54, 1.807) is 0 Å². The van der Waals surface area contributed by atoms with Gasteiger partial charge in [-0.1, -0.05) is 38.1 Å². The molecule has 2 rings (SSSR count). The first-order chi connectivity index (χ1) is 8.65. The van der Waals surface area contributed by atoms with Gasteiger partial charge in [-0.3, -0.25) is 0 Å². The Morgan fingerprint density at radius 3 is 2.39 bits per heavy atom. The fourth-order valence-corrected chi connectivity index (χ4v) is 2.56. The van der Waals surface area contributed by atoms with E-state index in [1.807, 2.05) is 18.2 Å². The number of ether oxygens (including phenoxy) is 2. The van der Waals surface area contributed by atoms with E-state index in [0.29, 0.717) is 0 Å². The van der Waals surface area contributed by atoms with Gasteiger partial charge in [0.05, 0.1) is 6.61 Å². The van der Waals surface area contributed by atoms with Crippen LogP contribution in [0.4, 0.5) is 0 Å². The van der Waals surface area contributed by atoms with Crippen molar-refractivity contribution >= 4 is 0 Å². The highest BCUT2D eigenvalue weighted by Gasteiger charge is 2.45. The zero-order valence-corrected chi connectivity index (χ0v) is 11.3. The van der Waals surface area contributed by atoms with E-state index in [2.05, 4.69) is 26.8 Å². The number of hydrogen-bond acceptors (Lipinski definition) is 3. The molecule has 0 aromatic heterocycles. The van der Waals surface area contributed by atoms with Crippen LogP contribution in [0.2, 0.25) is 0 Å². The Morgan fingerprint density at radius 1 is 1.17 bits per heavy atom. The van der Waals surface area contributed by atoms with E-state index >= 15 is 0 Å². The third-order valence-electron chi connectivity index (χ3n) is 3.80. The van der Waals surface area contributed by atoms with Gasteiger partial charge in [-0.05, 0) is 30.9 Å². The van der Waals surface area contributed by atoms with Crippen LogP contribution in [0.25, 0.3) is 0 Å². The number of aliphatic hydroxyl groups is 1. The fraction of sp³-hybridized carbons (Fsp3) is 0.600. The molecule has 3 nitrogen and oxygen atoms in total. The summed E-state index contributed by atoms with van der Waals surface area (Å²) in [5.74, 6) is -0.541. The lowest BCUT2D eigenvalue weighted by atomic mass is 10.00. The molecule has 2 unspecified atom stereocenters. The first-order valence-electron chi connectivity index (χ1n) is 6.67. The number of hydrogen-bond donors (Lipinski definition) is 1. The molecule has 0 radical (unpaired) electrons. The topological polar surface area (TPSA) is 38.7 Å². The highest BCUT2D eigenvalue weighted by atomic mass is 16.8. The molecule has 0 saturated carbocycles. The summed E-state index contributed by atoms with van der Waals surface area (Å²) in [5, 5.41) is 9.51. The first-order valence-corrected chi connectivity index (χ1v) is 6.67. The molecule has 0 spiro atoms. The minimum absolute atomic E-state index is 0.0131. The SMILES string of the molecule is CCC1(CC)OC(CO)C(c2ccccc2C)O1. The Kier molecular flexibility index (Phi) is 4.05. The van der Waals surface area contributed by atoms with Gasteiger partial charge >= 0.3 is 0 Å². The number of aryl methyl sites for hydroxylation is 1. The van der Waals surface area contributed by atoms with Crippen LogP contribution in [0.1, 0.15) is 43.9 Å². The molecule has 18 heavy (non-hydrogen) atoms. The van der Waals surface area contributed by atoms with Gasteiger partial charge in [-0.15, -0.1) is 0 Å². The van der Waals surface area contributed by atoms with E-state index in [0.717, 1.165) is 18.4 Å². The molecule has 1 N–H and O–H groups in total. The fourth-order valence-electron chi connectivity index (χ4n) is 2.56. The largest absolute Gasteiger partial charge is 0.394 e. The van der Waals surface area contributed by atoms with Gasteiger partial charge in [0.25, 0.3) is 0 Å². The third kappa shape index (κ3) is 2.30. The van der Waals surface area contributed by atoms with Crippen LogP contribution >= 0.6 is 0 Å². The second kappa shape index (κ2) is 5.39. The van der Waals surface area contributed by atoms with Crippen molar-refractivity contribution in [2.75, 3.05) is 6.61 Å². The van der Waals surface area contributed by atoms with Crippen molar-refractivity contribution in [2.24, 2.45) is 0 Å². The van der Waals surface area contributed by atoms with Crippen LogP contribution in [-0.2, 0) is 9.47 Å². The van der Waals surface area contributed by atoms with E-state index in [4.69, 9.17) is 9.47 Å². The predicted octanol–water partition coefficient (Wildman–Crippen LogP) is 2.96. The Balaban J connectivity index is 2.30. The maximum Gasteiger partial charge on any atom is 0.169 e. The Labute approximate surface area is 109 Å². The first kappa shape index (κ1) is 13.5. The molecule has 0 aliphatic carbocycles. The second-order valence-corrected chi connectivity index (χ2v) is 4.85. The Hall–Kier alpha value is -0.900. The van der Waals surface area contributed by atoms with Crippen molar-refractivity contribution in [1.82, 2.24) is 0 Å². The Bertz CT molecular complexity index is 398. The van der Waals surface area contributed by atoms with E-state index in [1.165, 1.54) is 5.56 Å². The third-order valence-corrected chi connectivity index (χ3v) is 3.80. The highest BCUT2D eigenvalue weighted by Crippen LogP contribution is 2.42. The molecule has 1 saturated heterocycles. The van der Waals surface area contributed by atoms with Gasteiger partial charge in [0, 0.05) is 0 Å². The van der Waals surface area contributed by atoms with Gasteiger partial charge in [0.2, 0.25) is 0 Å². The van der Waals surface area contributed by atoms with Crippen molar-refractivity contribution in [2.45, 2.75) is 51.6 Å². The zero-order chi connectivity index (χ0) is 13.2. The molecule has 1 aromatic carbocycles. The van der Waals surface area contributed by atoms with E-state index < -0.39 is 5.79 Å². The van der Waals surface area contributed by atoms with E-state index in [9.17, 15) is 5.11 Å². The summed E-state index contributed by atoms with van der Waals surface area (Å²) in [4.78, 5) is 0. The molecule has 1 aliphatic heterocycles. The van der Waals surface area contributed by atoms with Crippen LogP contribution in [0.3, 0.4) is 0 Å². The average Bonchev–Trinajstić information content (AvgIpc) is 2.79. The highest BCUT2D eigenvalue weighted by molar-refractivity contribution is 5.29. The van der Waals surface area contributed by atoms with Crippen molar-refractivity contribution in [3.8, 4) is 0 Å². The Morgan fingerprint density at radius 2 is 1.83 bits per heavy atom. The van der Waals surface area contributed by atoms with Crippen molar-refractivity contribution in [1.29, 1.82) is 0 Å². The van der Waals surface area contributed by atoms with Crippen molar-refractivity contribution in [3.05, 3.63) is 35.4 Å². The minimum atomic E-state index is -0.541.